The fourth-order valence-electron chi connectivity index (χ4n) is 1.72. The minimum absolute atomic E-state index is 0.651. The van der Waals surface area contributed by atoms with Gasteiger partial charge in [-0.2, -0.15) is 5.26 Å². The Hall–Kier alpha value is -1.37. The van der Waals surface area contributed by atoms with Crippen LogP contribution in [0.5, 0.6) is 0 Å². The molecule has 0 aliphatic carbocycles. The van der Waals surface area contributed by atoms with Crippen molar-refractivity contribution in [2.24, 2.45) is 0 Å². The Morgan fingerprint density at radius 3 is 2.62 bits per heavy atom. The predicted molar refractivity (Wildman–Crippen MR) is 62.9 cm³/mol. The fraction of sp³-hybridized carbons (Fsp3) is 0.750. The van der Waals surface area contributed by atoms with Gasteiger partial charge in [-0.3, -0.25) is 0 Å². The Morgan fingerprint density at radius 1 is 1.19 bits per heavy atom. The molecule has 1 aromatic heterocycles. The van der Waals surface area contributed by atoms with Gasteiger partial charge < -0.3 is 0 Å². The van der Waals surface area contributed by atoms with Crippen LogP contribution in [-0.4, -0.2) is 15.0 Å². The first kappa shape index (κ1) is 12.7. The van der Waals surface area contributed by atoms with E-state index in [0.29, 0.717) is 5.69 Å². The lowest BCUT2D eigenvalue weighted by molar-refractivity contribution is 0.524. The summed E-state index contributed by atoms with van der Waals surface area (Å²) in [6, 6.07) is 2.21. The molecule has 16 heavy (non-hydrogen) atoms. The number of nitrogens with zero attached hydrogens (tertiary/aromatic N) is 4. The normalized spacial score (nSPS) is 10.3. The monoisotopic (exact) mass is 220 g/mol. The number of rotatable bonds is 7. The van der Waals surface area contributed by atoms with Crippen LogP contribution < -0.4 is 0 Å². The van der Waals surface area contributed by atoms with Gasteiger partial charge in [0.2, 0.25) is 0 Å². The van der Waals surface area contributed by atoms with Crippen LogP contribution in [0.4, 0.5) is 0 Å². The fourth-order valence-corrected chi connectivity index (χ4v) is 1.72. The van der Waals surface area contributed by atoms with Crippen LogP contribution in [0.3, 0.4) is 0 Å². The van der Waals surface area contributed by atoms with Gasteiger partial charge in [-0.15, -0.1) is 5.10 Å². The van der Waals surface area contributed by atoms with E-state index in [2.05, 4.69) is 30.2 Å². The largest absolute Gasteiger partial charge is 0.234 e. The Kier molecular flexibility index (Phi) is 5.55. The maximum Gasteiger partial charge on any atom is 0.161 e. The van der Waals surface area contributed by atoms with Crippen LogP contribution in [-0.2, 0) is 13.0 Å². The molecule has 88 valence electrons. The molecule has 1 heterocycles. The van der Waals surface area contributed by atoms with E-state index in [1.165, 1.54) is 19.3 Å². The van der Waals surface area contributed by atoms with Crippen molar-refractivity contribution in [2.45, 2.75) is 58.9 Å². The maximum absolute atomic E-state index is 9.07. The van der Waals surface area contributed by atoms with Crippen LogP contribution in [0.1, 0.15) is 57.3 Å². The van der Waals surface area contributed by atoms with Crippen LogP contribution in [0.25, 0.3) is 0 Å². The van der Waals surface area contributed by atoms with E-state index >= 15 is 0 Å². The van der Waals surface area contributed by atoms with Crippen LogP contribution in [0.2, 0.25) is 0 Å². The molecule has 1 rings (SSSR count). The summed E-state index contributed by atoms with van der Waals surface area (Å²) >= 11 is 0. The van der Waals surface area contributed by atoms with E-state index in [4.69, 9.17) is 5.26 Å². The molecule has 0 saturated heterocycles. The second-order valence-corrected chi connectivity index (χ2v) is 4.03. The first-order valence-corrected chi connectivity index (χ1v) is 6.15. The van der Waals surface area contributed by atoms with Gasteiger partial charge in [-0.25, -0.2) is 4.68 Å². The number of hydrogen-bond donors (Lipinski definition) is 0. The van der Waals surface area contributed by atoms with Gasteiger partial charge in [0, 0.05) is 6.54 Å². The van der Waals surface area contributed by atoms with Crippen molar-refractivity contribution >= 4 is 0 Å². The topological polar surface area (TPSA) is 54.5 Å². The molecule has 0 N–H and O–H groups in total. The minimum Gasteiger partial charge on any atom is -0.234 e. The smallest absolute Gasteiger partial charge is 0.161 e. The van der Waals surface area contributed by atoms with Crippen molar-refractivity contribution < 1.29 is 0 Å². The van der Waals surface area contributed by atoms with Gasteiger partial charge in [0.25, 0.3) is 0 Å². The van der Waals surface area contributed by atoms with Gasteiger partial charge in [-0.05, 0) is 12.8 Å². The van der Waals surface area contributed by atoms with E-state index in [0.717, 1.165) is 31.5 Å². The predicted octanol–water partition coefficient (Wildman–Crippen LogP) is 2.68. The average molecular weight is 220 g/mol. The average Bonchev–Trinajstić information content (AvgIpc) is 2.67. The van der Waals surface area contributed by atoms with E-state index in [1.54, 1.807) is 4.68 Å². The third kappa shape index (κ3) is 3.34. The molecule has 0 aliphatic rings. The molecule has 0 fully saturated rings. The SMILES string of the molecule is CCCCCCn1nnc(CCC)c1C#N. The molecule has 0 unspecified atom stereocenters. The summed E-state index contributed by atoms with van der Waals surface area (Å²) in [5, 5.41) is 17.2. The van der Waals surface area contributed by atoms with Gasteiger partial charge >= 0.3 is 0 Å². The van der Waals surface area contributed by atoms with Gasteiger partial charge in [0.05, 0.1) is 0 Å². The van der Waals surface area contributed by atoms with E-state index in [9.17, 15) is 0 Å². The number of unbranched alkanes of at least 4 members (excludes halogenated alkanes) is 3. The second-order valence-electron chi connectivity index (χ2n) is 4.03. The van der Waals surface area contributed by atoms with E-state index < -0.39 is 0 Å². The Balaban J connectivity index is 2.56. The van der Waals surface area contributed by atoms with E-state index in [1.807, 2.05) is 0 Å². The first-order valence-electron chi connectivity index (χ1n) is 6.15. The first-order chi connectivity index (χ1) is 7.83. The molecular formula is C12H20N4. The van der Waals surface area contributed by atoms with Gasteiger partial charge in [0.1, 0.15) is 11.8 Å². The van der Waals surface area contributed by atoms with Gasteiger partial charge in [0.15, 0.2) is 5.69 Å². The molecule has 4 nitrogen and oxygen atoms in total. The molecule has 0 spiro atoms. The summed E-state index contributed by atoms with van der Waals surface area (Å²) in [7, 11) is 0. The van der Waals surface area contributed by atoms with Crippen LogP contribution >= 0.6 is 0 Å². The Morgan fingerprint density at radius 2 is 2.00 bits per heavy atom. The highest BCUT2D eigenvalue weighted by Crippen LogP contribution is 2.08. The molecule has 1 aromatic rings. The van der Waals surface area contributed by atoms with Crippen molar-refractivity contribution in [3.05, 3.63) is 11.4 Å². The molecule has 0 aromatic carbocycles. The lowest BCUT2D eigenvalue weighted by Gasteiger charge is -2.01. The Bertz CT molecular complexity index is 348. The van der Waals surface area contributed by atoms with Crippen LogP contribution in [0, 0.1) is 11.3 Å². The number of aromatic nitrogens is 3. The lowest BCUT2D eigenvalue weighted by Crippen LogP contribution is -2.03. The van der Waals surface area contributed by atoms with E-state index in [-0.39, 0.29) is 0 Å². The number of aryl methyl sites for hydroxylation is 2. The summed E-state index contributed by atoms with van der Waals surface area (Å²) in [6.45, 7) is 5.09. The number of nitriles is 1. The summed E-state index contributed by atoms with van der Waals surface area (Å²) in [5.41, 5.74) is 1.50. The molecule has 0 radical (unpaired) electrons. The molecule has 4 heteroatoms. The van der Waals surface area contributed by atoms with Crippen molar-refractivity contribution in [3.63, 3.8) is 0 Å². The highest BCUT2D eigenvalue weighted by Gasteiger charge is 2.10. The zero-order valence-corrected chi connectivity index (χ0v) is 10.2. The molecular weight excluding hydrogens is 200 g/mol. The van der Waals surface area contributed by atoms with Crippen LogP contribution in [0.15, 0.2) is 0 Å². The molecule has 0 atom stereocenters. The van der Waals surface area contributed by atoms with Crippen molar-refractivity contribution in [1.82, 2.24) is 15.0 Å². The second kappa shape index (κ2) is 7.00. The summed E-state index contributed by atoms with van der Waals surface area (Å²) in [5.74, 6) is 0. The minimum atomic E-state index is 0.651. The molecule has 0 bridgehead atoms. The summed E-state index contributed by atoms with van der Waals surface area (Å²) < 4.78 is 1.75. The standard InChI is InChI=1S/C12H20N4/c1-3-5-6-7-9-16-12(10-13)11(8-4-2)14-15-16/h3-9H2,1-2H3. The number of hydrogen-bond acceptors (Lipinski definition) is 3. The van der Waals surface area contributed by atoms with Crippen molar-refractivity contribution in [2.75, 3.05) is 0 Å². The zero-order valence-electron chi connectivity index (χ0n) is 10.2. The maximum atomic E-state index is 9.07. The zero-order chi connectivity index (χ0) is 11.8. The third-order valence-corrected chi connectivity index (χ3v) is 2.62. The molecule has 0 saturated carbocycles. The van der Waals surface area contributed by atoms with Crippen molar-refractivity contribution in [3.8, 4) is 6.07 Å². The van der Waals surface area contributed by atoms with Gasteiger partial charge in [-0.1, -0.05) is 44.7 Å². The molecule has 0 aliphatic heterocycles. The highest BCUT2D eigenvalue weighted by molar-refractivity contribution is 5.25. The summed E-state index contributed by atoms with van der Waals surface area (Å²) in [4.78, 5) is 0. The third-order valence-electron chi connectivity index (χ3n) is 2.62. The Labute approximate surface area is 97.3 Å². The quantitative estimate of drug-likeness (QED) is 0.664. The molecule has 0 amide bonds. The highest BCUT2D eigenvalue weighted by atomic mass is 15.4. The lowest BCUT2D eigenvalue weighted by atomic mass is 10.2. The van der Waals surface area contributed by atoms with Crippen molar-refractivity contribution in [1.29, 1.82) is 5.26 Å². The summed E-state index contributed by atoms with van der Waals surface area (Å²) in [6.07, 6.45) is 6.60.